The van der Waals surface area contributed by atoms with Crippen LogP contribution in [-0.2, 0) is 10.2 Å². The zero-order valence-electron chi connectivity index (χ0n) is 13.1. The van der Waals surface area contributed by atoms with Crippen molar-refractivity contribution in [3.05, 3.63) is 70.8 Å². The molecule has 3 heteroatoms. The lowest BCUT2D eigenvalue weighted by Crippen LogP contribution is -2.10. The standard InChI is InChI=1S/C19H20ClNO/c1-19(2,3)15-10-7-14(8-11-15)9-12-18(22)21-17-6-4-5-16(20)13-17/h4-13H,1-3H3,(H,21,22)/b12-9+. The Morgan fingerprint density at radius 1 is 1.09 bits per heavy atom. The molecule has 0 unspecified atom stereocenters. The number of benzene rings is 2. The Morgan fingerprint density at radius 2 is 1.77 bits per heavy atom. The van der Waals surface area contributed by atoms with Gasteiger partial charge in [0.2, 0.25) is 5.91 Å². The molecule has 2 aromatic carbocycles. The van der Waals surface area contributed by atoms with E-state index in [0.29, 0.717) is 10.7 Å². The second-order valence-electron chi connectivity index (χ2n) is 6.20. The SMILES string of the molecule is CC(C)(C)c1ccc(/C=C/C(=O)Nc2cccc(Cl)c2)cc1. The Morgan fingerprint density at radius 3 is 2.36 bits per heavy atom. The van der Waals surface area contributed by atoms with Crippen LogP contribution in [0.15, 0.2) is 54.6 Å². The number of rotatable bonds is 3. The summed E-state index contributed by atoms with van der Waals surface area (Å²) >= 11 is 5.88. The van der Waals surface area contributed by atoms with E-state index in [9.17, 15) is 4.79 Å². The third kappa shape index (κ3) is 4.74. The summed E-state index contributed by atoms with van der Waals surface area (Å²) in [5.41, 5.74) is 3.08. The third-order valence-corrected chi connectivity index (χ3v) is 3.53. The molecule has 0 radical (unpaired) electrons. The first-order valence-corrected chi connectivity index (χ1v) is 7.57. The maximum atomic E-state index is 11.9. The van der Waals surface area contributed by atoms with Gasteiger partial charge in [-0.1, -0.05) is 62.7 Å². The van der Waals surface area contributed by atoms with Gasteiger partial charge in [0.05, 0.1) is 0 Å². The highest BCUT2D eigenvalue weighted by Gasteiger charge is 2.12. The molecule has 0 aliphatic carbocycles. The number of hydrogen-bond donors (Lipinski definition) is 1. The van der Waals surface area contributed by atoms with Crippen molar-refractivity contribution in [2.24, 2.45) is 0 Å². The fourth-order valence-electron chi connectivity index (χ4n) is 2.02. The minimum absolute atomic E-state index is 0.131. The van der Waals surface area contributed by atoms with Gasteiger partial charge in [0.25, 0.3) is 0 Å². The number of halogens is 1. The van der Waals surface area contributed by atoms with Gasteiger partial charge in [-0.15, -0.1) is 0 Å². The van der Waals surface area contributed by atoms with Crippen molar-refractivity contribution >= 4 is 29.3 Å². The van der Waals surface area contributed by atoms with Gasteiger partial charge in [-0.2, -0.15) is 0 Å². The molecule has 0 saturated heterocycles. The van der Waals surface area contributed by atoms with E-state index in [1.165, 1.54) is 11.6 Å². The van der Waals surface area contributed by atoms with Gasteiger partial charge in [0, 0.05) is 16.8 Å². The van der Waals surface area contributed by atoms with E-state index in [0.717, 1.165) is 5.56 Å². The maximum absolute atomic E-state index is 11.9. The lowest BCUT2D eigenvalue weighted by molar-refractivity contribution is -0.111. The molecule has 0 fully saturated rings. The smallest absolute Gasteiger partial charge is 0.248 e. The fraction of sp³-hybridized carbons (Fsp3) is 0.211. The number of nitrogens with one attached hydrogen (secondary N) is 1. The summed E-state index contributed by atoms with van der Waals surface area (Å²) in [6.45, 7) is 6.53. The third-order valence-electron chi connectivity index (χ3n) is 3.30. The first-order valence-electron chi connectivity index (χ1n) is 7.20. The number of carbonyl (C=O) groups is 1. The number of anilines is 1. The molecule has 0 atom stereocenters. The minimum Gasteiger partial charge on any atom is -0.322 e. The van der Waals surface area contributed by atoms with E-state index in [-0.39, 0.29) is 11.3 Å². The Bertz CT molecular complexity index is 681. The molecule has 1 N–H and O–H groups in total. The van der Waals surface area contributed by atoms with Crippen LogP contribution in [0.3, 0.4) is 0 Å². The average molecular weight is 314 g/mol. The van der Waals surface area contributed by atoms with E-state index >= 15 is 0 Å². The molecule has 2 nitrogen and oxygen atoms in total. The number of amides is 1. The monoisotopic (exact) mass is 313 g/mol. The van der Waals surface area contributed by atoms with Crippen LogP contribution < -0.4 is 5.32 Å². The van der Waals surface area contributed by atoms with Gasteiger partial charge in [-0.3, -0.25) is 4.79 Å². The highest BCUT2D eigenvalue weighted by molar-refractivity contribution is 6.30. The second-order valence-corrected chi connectivity index (χ2v) is 6.64. The van der Waals surface area contributed by atoms with Crippen molar-refractivity contribution in [2.75, 3.05) is 5.32 Å². The van der Waals surface area contributed by atoms with Crippen LogP contribution in [0.2, 0.25) is 5.02 Å². The highest BCUT2D eigenvalue weighted by Crippen LogP contribution is 2.22. The summed E-state index contributed by atoms with van der Waals surface area (Å²) < 4.78 is 0. The summed E-state index contributed by atoms with van der Waals surface area (Å²) in [6.07, 6.45) is 3.32. The predicted octanol–water partition coefficient (Wildman–Crippen LogP) is 5.29. The molecule has 0 heterocycles. The van der Waals surface area contributed by atoms with Gasteiger partial charge >= 0.3 is 0 Å². The van der Waals surface area contributed by atoms with Crippen molar-refractivity contribution in [3.63, 3.8) is 0 Å². The largest absolute Gasteiger partial charge is 0.322 e. The molecule has 0 bridgehead atoms. The van der Waals surface area contributed by atoms with Crippen molar-refractivity contribution in [3.8, 4) is 0 Å². The molecule has 0 aliphatic rings. The minimum atomic E-state index is -0.179. The van der Waals surface area contributed by atoms with Crippen molar-refractivity contribution < 1.29 is 4.79 Å². The molecule has 0 spiro atoms. The normalized spacial score (nSPS) is 11.6. The molecule has 2 rings (SSSR count). The molecular weight excluding hydrogens is 294 g/mol. The quantitative estimate of drug-likeness (QED) is 0.766. The molecule has 0 aliphatic heterocycles. The molecule has 0 saturated carbocycles. The second kappa shape index (κ2) is 6.80. The van der Waals surface area contributed by atoms with E-state index in [2.05, 4.69) is 38.2 Å². The lowest BCUT2D eigenvalue weighted by Gasteiger charge is -2.18. The van der Waals surface area contributed by atoms with Gasteiger partial charge < -0.3 is 5.32 Å². The molecule has 0 aromatic heterocycles. The van der Waals surface area contributed by atoms with Crippen LogP contribution in [-0.4, -0.2) is 5.91 Å². The van der Waals surface area contributed by atoms with Crippen LogP contribution in [0.5, 0.6) is 0 Å². The summed E-state index contributed by atoms with van der Waals surface area (Å²) in [5, 5.41) is 3.38. The molecule has 22 heavy (non-hydrogen) atoms. The first-order chi connectivity index (χ1) is 10.3. The average Bonchev–Trinajstić information content (AvgIpc) is 2.45. The van der Waals surface area contributed by atoms with Gasteiger partial charge in [-0.25, -0.2) is 0 Å². The summed E-state index contributed by atoms with van der Waals surface area (Å²) in [6, 6.07) is 15.3. The lowest BCUT2D eigenvalue weighted by atomic mass is 9.87. The van der Waals surface area contributed by atoms with Gasteiger partial charge in [0.15, 0.2) is 0 Å². The van der Waals surface area contributed by atoms with Crippen molar-refractivity contribution in [1.82, 2.24) is 0 Å². The van der Waals surface area contributed by atoms with Crippen LogP contribution in [0.4, 0.5) is 5.69 Å². The van der Waals surface area contributed by atoms with Crippen LogP contribution >= 0.6 is 11.6 Å². The summed E-state index contributed by atoms with van der Waals surface area (Å²) in [4.78, 5) is 11.9. The van der Waals surface area contributed by atoms with E-state index in [1.54, 1.807) is 30.3 Å². The fourth-order valence-corrected chi connectivity index (χ4v) is 2.21. The Hall–Kier alpha value is -2.06. The Labute approximate surface area is 136 Å². The van der Waals surface area contributed by atoms with Crippen molar-refractivity contribution in [2.45, 2.75) is 26.2 Å². The van der Waals surface area contributed by atoms with Crippen LogP contribution in [0.1, 0.15) is 31.9 Å². The summed E-state index contributed by atoms with van der Waals surface area (Å²) in [7, 11) is 0. The highest BCUT2D eigenvalue weighted by atomic mass is 35.5. The van der Waals surface area contributed by atoms with E-state index < -0.39 is 0 Å². The zero-order valence-corrected chi connectivity index (χ0v) is 13.8. The van der Waals surface area contributed by atoms with Gasteiger partial charge in [-0.05, 0) is 40.8 Å². The Balaban J connectivity index is 2.00. The predicted molar refractivity (Wildman–Crippen MR) is 94.3 cm³/mol. The molecule has 2 aromatic rings. The van der Waals surface area contributed by atoms with E-state index in [1.807, 2.05) is 12.1 Å². The maximum Gasteiger partial charge on any atom is 0.248 e. The molecule has 114 valence electrons. The number of hydrogen-bond acceptors (Lipinski definition) is 1. The van der Waals surface area contributed by atoms with Crippen molar-refractivity contribution in [1.29, 1.82) is 0 Å². The molecular formula is C19H20ClNO. The zero-order chi connectivity index (χ0) is 16.2. The van der Waals surface area contributed by atoms with Crippen LogP contribution in [0, 0.1) is 0 Å². The topological polar surface area (TPSA) is 29.1 Å². The van der Waals surface area contributed by atoms with Gasteiger partial charge in [0.1, 0.15) is 0 Å². The number of carbonyl (C=O) groups excluding carboxylic acids is 1. The van der Waals surface area contributed by atoms with E-state index in [4.69, 9.17) is 11.6 Å². The summed E-state index contributed by atoms with van der Waals surface area (Å²) in [5.74, 6) is -0.179. The molecule has 1 amide bonds. The van der Waals surface area contributed by atoms with Crippen LogP contribution in [0.25, 0.3) is 6.08 Å². The first kappa shape index (κ1) is 16.3. The Kier molecular flexibility index (Phi) is 5.04.